The molecule has 0 radical (unpaired) electrons. The summed E-state index contributed by atoms with van der Waals surface area (Å²) in [6, 6.07) is 13.5. The van der Waals surface area contributed by atoms with Crippen molar-refractivity contribution >= 4 is 23.2 Å². The third kappa shape index (κ3) is 4.32. The Balaban J connectivity index is 1.79. The number of carbonyl (C=O) groups is 1. The molecule has 2 aromatic carbocycles. The molecule has 1 N–H and O–H groups in total. The van der Waals surface area contributed by atoms with Gasteiger partial charge in [-0.25, -0.2) is 4.98 Å². The minimum atomic E-state index is -0.408. The van der Waals surface area contributed by atoms with Crippen LogP contribution in [-0.2, 0) is 11.3 Å². The molecular weight excluding hydrogens is 382 g/mol. The van der Waals surface area contributed by atoms with Gasteiger partial charge in [0.2, 0.25) is 5.91 Å². The highest BCUT2D eigenvalue weighted by Gasteiger charge is 2.12. The number of hydrogen-bond donors (Lipinski definition) is 1. The largest absolute Gasteiger partial charge is 0.496 e. The Labute approximate surface area is 166 Å². The van der Waals surface area contributed by atoms with E-state index in [0.717, 1.165) is 0 Å². The van der Waals surface area contributed by atoms with Crippen LogP contribution in [0, 0.1) is 0 Å². The van der Waals surface area contributed by atoms with Gasteiger partial charge < -0.3 is 14.8 Å². The van der Waals surface area contributed by atoms with E-state index in [0.29, 0.717) is 33.5 Å². The molecule has 0 aliphatic heterocycles. The Kier molecular flexibility index (Phi) is 5.96. The van der Waals surface area contributed by atoms with Crippen LogP contribution in [0.3, 0.4) is 0 Å². The topological polar surface area (TPSA) is 82.4 Å². The number of nitrogens with zero attached hydrogens (tertiary/aromatic N) is 2. The van der Waals surface area contributed by atoms with Crippen LogP contribution in [-0.4, -0.2) is 29.7 Å². The zero-order chi connectivity index (χ0) is 20.1. The van der Waals surface area contributed by atoms with Crippen LogP contribution in [0.2, 0.25) is 5.02 Å². The van der Waals surface area contributed by atoms with Gasteiger partial charge in [0.25, 0.3) is 5.56 Å². The molecule has 0 fully saturated rings. The second-order valence-electron chi connectivity index (χ2n) is 5.83. The van der Waals surface area contributed by atoms with E-state index >= 15 is 0 Å². The van der Waals surface area contributed by atoms with Crippen molar-refractivity contribution in [2.45, 2.75) is 6.54 Å². The van der Waals surface area contributed by atoms with Gasteiger partial charge >= 0.3 is 0 Å². The molecule has 28 heavy (non-hydrogen) atoms. The Morgan fingerprint density at radius 2 is 1.86 bits per heavy atom. The number of hydrogen-bond acceptors (Lipinski definition) is 5. The predicted octanol–water partition coefficient (Wildman–Crippen LogP) is 3.22. The van der Waals surface area contributed by atoms with Crippen molar-refractivity contribution in [1.29, 1.82) is 0 Å². The Bertz CT molecular complexity index is 1070. The molecule has 0 spiro atoms. The number of benzene rings is 2. The van der Waals surface area contributed by atoms with E-state index in [2.05, 4.69) is 10.3 Å². The van der Waals surface area contributed by atoms with E-state index < -0.39 is 5.91 Å². The molecule has 144 valence electrons. The summed E-state index contributed by atoms with van der Waals surface area (Å²) < 4.78 is 11.7. The van der Waals surface area contributed by atoms with E-state index in [4.69, 9.17) is 21.1 Å². The number of ether oxygens (including phenoxy) is 2. The van der Waals surface area contributed by atoms with E-state index in [1.54, 1.807) is 31.4 Å². The number of halogens is 1. The van der Waals surface area contributed by atoms with Crippen LogP contribution in [0.15, 0.2) is 59.7 Å². The molecule has 1 aromatic heterocycles. The fraction of sp³-hybridized carbons (Fsp3) is 0.150. The van der Waals surface area contributed by atoms with Gasteiger partial charge in [-0.05, 0) is 30.3 Å². The lowest BCUT2D eigenvalue weighted by molar-refractivity contribution is -0.116. The highest BCUT2D eigenvalue weighted by atomic mass is 35.5. The normalized spacial score (nSPS) is 10.4. The summed E-state index contributed by atoms with van der Waals surface area (Å²) >= 11 is 5.96. The molecule has 7 nitrogen and oxygen atoms in total. The summed E-state index contributed by atoms with van der Waals surface area (Å²) in [4.78, 5) is 29.1. The summed E-state index contributed by atoms with van der Waals surface area (Å²) in [5.74, 6) is 0.669. The van der Waals surface area contributed by atoms with Gasteiger partial charge in [-0.1, -0.05) is 23.7 Å². The first-order chi connectivity index (χ1) is 13.5. The van der Waals surface area contributed by atoms with Crippen molar-refractivity contribution < 1.29 is 14.3 Å². The van der Waals surface area contributed by atoms with E-state index in [9.17, 15) is 9.59 Å². The molecule has 1 heterocycles. The minimum absolute atomic E-state index is 0.201. The quantitative estimate of drug-likeness (QED) is 0.688. The average molecular weight is 400 g/mol. The first-order valence-electron chi connectivity index (χ1n) is 8.35. The smallest absolute Gasteiger partial charge is 0.254 e. The van der Waals surface area contributed by atoms with Crippen LogP contribution >= 0.6 is 11.6 Å². The molecular formula is C20H18ClN3O4. The highest BCUT2D eigenvalue weighted by molar-refractivity contribution is 6.31. The molecule has 0 atom stereocenters. The van der Waals surface area contributed by atoms with Crippen molar-refractivity contribution in [2.75, 3.05) is 19.5 Å². The lowest BCUT2D eigenvalue weighted by atomic mass is 10.1. The summed E-state index contributed by atoms with van der Waals surface area (Å²) in [7, 11) is 3.04. The molecule has 0 aliphatic carbocycles. The first-order valence-corrected chi connectivity index (χ1v) is 8.73. The highest BCUT2D eigenvalue weighted by Crippen LogP contribution is 2.28. The molecule has 0 aliphatic rings. The fourth-order valence-electron chi connectivity index (χ4n) is 2.67. The predicted molar refractivity (Wildman–Crippen MR) is 107 cm³/mol. The number of para-hydroxylation sites is 1. The summed E-state index contributed by atoms with van der Waals surface area (Å²) in [6.07, 6.45) is 1.33. The molecule has 0 unspecified atom stereocenters. The lowest BCUT2D eigenvalue weighted by Crippen LogP contribution is -2.27. The molecule has 0 bridgehead atoms. The number of anilines is 1. The second-order valence-corrected chi connectivity index (χ2v) is 6.27. The maximum atomic E-state index is 12.4. The lowest BCUT2D eigenvalue weighted by Gasteiger charge is -2.12. The van der Waals surface area contributed by atoms with Crippen molar-refractivity contribution in [1.82, 2.24) is 9.55 Å². The number of rotatable bonds is 6. The van der Waals surface area contributed by atoms with Crippen LogP contribution in [0.1, 0.15) is 0 Å². The maximum Gasteiger partial charge on any atom is 0.254 e. The monoisotopic (exact) mass is 399 g/mol. The van der Waals surface area contributed by atoms with Crippen LogP contribution in [0.4, 0.5) is 5.69 Å². The van der Waals surface area contributed by atoms with E-state index in [-0.39, 0.29) is 12.1 Å². The number of amides is 1. The number of nitrogens with one attached hydrogen (secondary N) is 1. The summed E-state index contributed by atoms with van der Waals surface area (Å²) in [6.45, 7) is -0.201. The average Bonchev–Trinajstić information content (AvgIpc) is 2.69. The molecule has 1 amide bonds. The zero-order valence-corrected chi connectivity index (χ0v) is 16.1. The SMILES string of the molecule is COc1ccc(Cl)cc1NC(=O)Cn1cnc(-c2ccccc2OC)cc1=O. The van der Waals surface area contributed by atoms with Crippen molar-refractivity contribution in [3.63, 3.8) is 0 Å². The second kappa shape index (κ2) is 8.58. The Hall–Kier alpha value is -3.32. The third-order valence-corrected chi connectivity index (χ3v) is 4.25. The van der Waals surface area contributed by atoms with Crippen LogP contribution in [0.5, 0.6) is 11.5 Å². The fourth-order valence-corrected chi connectivity index (χ4v) is 2.84. The molecule has 0 saturated heterocycles. The zero-order valence-electron chi connectivity index (χ0n) is 15.3. The minimum Gasteiger partial charge on any atom is -0.496 e. The number of methoxy groups -OCH3 is 2. The first kappa shape index (κ1) is 19.4. The van der Waals surface area contributed by atoms with Gasteiger partial charge in [-0.3, -0.25) is 14.2 Å². The van der Waals surface area contributed by atoms with E-state index in [1.165, 1.54) is 24.1 Å². The van der Waals surface area contributed by atoms with Crippen molar-refractivity contribution in [3.05, 3.63) is 70.2 Å². The van der Waals surface area contributed by atoms with E-state index in [1.807, 2.05) is 18.2 Å². The number of carbonyl (C=O) groups excluding carboxylic acids is 1. The Morgan fingerprint density at radius 1 is 1.11 bits per heavy atom. The van der Waals surface area contributed by atoms with Crippen LogP contribution < -0.4 is 20.3 Å². The summed E-state index contributed by atoms with van der Waals surface area (Å²) in [5, 5.41) is 3.14. The maximum absolute atomic E-state index is 12.4. The van der Waals surface area contributed by atoms with Gasteiger partial charge in [-0.15, -0.1) is 0 Å². The van der Waals surface area contributed by atoms with Crippen molar-refractivity contribution in [2.24, 2.45) is 0 Å². The van der Waals surface area contributed by atoms with Gasteiger partial charge in [0, 0.05) is 16.7 Å². The Morgan fingerprint density at radius 3 is 2.57 bits per heavy atom. The summed E-state index contributed by atoms with van der Waals surface area (Å²) in [5.41, 5.74) is 1.23. The van der Waals surface area contributed by atoms with Gasteiger partial charge in [0.05, 0.1) is 31.9 Å². The standard InChI is InChI=1S/C20H18ClN3O4/c1-27-17-6-4-3-5-14(17)15-10-20(26)24(12-22-15)11-19(25)23-16-9-13(21)7-8-18(16)28-2/h3-10,12H,11H2,1-2H3,(H,23,25). The van der Waals surface area contributed by atoms with Crippen molar-refractivity contribution in [3.8, 4) is 22.8 Å². The van der Waals surface area contributed by atoms with Gasteiger partial charge in [0.15, 0.2) is 0 Å². The molecule has 0 saturated carbocycles. The molecule has 8 heteroatoms. The molecule has 3 aromatic rings. The number of aromatic nitrogens is 2. The van der Waals surface area contributed by atoms with Crippen LogP contribution in [0.25, 0.3) is 11.3 Å². The van der Waals surface area contributed by atoms with Gasteiger partial charge in [-0.2, -0.15) is 0 Å². The molecule has 3 rings (SSSR count). The third-order valence-electron chi connectivity index (χ3n) is 4.01. The van der Waals surface area contributed by atoms with Gasteiger partial charge in [0.1, 0.15) is 18.0 Å².